The van der Waals surface area contributed by atoms with Crippen LogP contribution in [0.25, 0.3) is 0 Å². The average molecular weight is 406 g/mol. The molecule has 0 radical (unpaired) electrons. The fourth-order valence-electron chi connectivity index (χ4n) is 3.60. The summed E-state index contributed by atoms with van der Waals surface area (Å²) in [5, 5.41) is 6.22. The van der Waals surface area contributed by atoms with Crippen LogP contribution in [-0.4, -0.2) is 72.5 Å². The molecular formula is C18H22N4O5S. The second kappa shape index (κ2) is 7.10. The number of amides is 2. The highest BCUT2D eigenvalue weighted by atomic mass is 32.2. The van der Waals surface area contributed by atoms with Crippen molar-refractivity contribution in [3.8, 4) is 5.75 Å². The van der Waals surface area contributed by atoms with Crippen LogP contribution in [0.15, 0.2) is 42.7 Å². The highest BCUT2D eigenvalue weighted by molar-refractivity contribution is 7.92. The third-order valence-corrected chi connectivity index (χ3v) is 7.32. The lowest BCUT2D eigenvalue weighted by atomic mass is 9.96. The Morgan fingerprint density at radius 1 is 1.36 bits per heavy atom. The lowest BCUT2D eigenvalue weighted by Gasteiger charge is -2.51. The minimum Gasteiger partial charge on any atom is -0.495 e. The van der Waals surface area contributed by atoms with E-state index in [1.807, 2.05) is 6.07 Å². The average Bonchev–Trinajstić information content (AvgIpc) is 3.15. The van der Waals surface area contributed by atoms with Gasteiger partial charge in [0, 0.05) is 12.4 Å². The monoisotopic (exact) mass is 406 g/mol. The van der Waals surface area contributed by atoms with Gasteiger partial charge in [-0.25, -0.2) is 13.2 Å². The second-order valence-corrected chi connectivity index (χ2v) is 9.42. The predicted molar refractivity (Wildman–Crippen MR) is 102 cm³/mol. The first-order chi connectivity index (χ1) is 13.4. The van der Waals surface area contributed by atoms with Gasteiger partial charge in [0.25, 0.3) is 0 Å². The third kappa shape index (κ3) is 3.57. The zero-order chi connectivity index (χ0) is 19.8. The molecule has 0 aliphatic carbocycles. The summed E-state index contributed by atoms with van der Waals surface area (Å²) in [5.74, 6) is 0.466. The number of para-hydroxylation sites is 2. The molecule has 9 nitrogen and oxygen atoms in total. The number of hydrogen-bond acceptors (Lipinski definition) is 6. The molecule has 2 aromatic rings. The molecular weight excluding hydrogens is 384 g/mol. The number of likely N-dealkylation sites (tertiary alicyclic amines) is 1. The van der Waals surface area contributed by atoms with E-state index < -0.39 is 20.7 Å². The van der Waals surface area contributed by atoms with E-state index in [1.54, 1.807) is 41.3 Å². The lowest BCUT2D eigenvalue weighted by Crippen LogP contribution is -2.71. The molecule has 1 atom stereocenters. The van der Waals surface area contributed by atoms with Crippen molar-refractivity contribution in [2.75, 3.05) is 37.9 Å². The summed E-state index contributed by atoms with van der Waals surface area (Å²) in [5.41, 5.74) is -0.259. The summed E-state index contributed by atoms with van der Waals surface area (Å²) in [7, 11) is -1.82. The minimum absolute atomic E-state index is 0.0929. The number of sulfone groups is 1. The van der Waals surface area contributed by atoms with Crippen molar-refractivity contribution in [3.63, 3.8) is 0 Å². The molecule has 3 heterocycles. The molecule has 2 saturated heterocycles. The van der Waals surface area contributed by atoms with Crippen molar-refractivity contribution in [3.05, 3.63) is 42.7 Å². The number of benzene rings is 1. The third-order valence-electron chi connectivity index (χ3n) is 5.09. The van der Waals surface area contributed by atoms with E-state index in [1.165, 1.54) is 12.0 Å². The van der Waals surface area contributed by atoms with Gasteiger partial charge in [0.05, 0.1) is 44.8 Å². The van der Waals surface area contributed by atoms with E-state index in [-0.39, 0.29) is 38.0 Å². The number of anilines is 1. The topological polar surface area (TPSA) is 103 Å². The van der Waals surface area contributed by atoms with E-state index in [2.05, 4.69) is 10.4 Å². The molecule has 1 spiro atoms. The highest BCUT2D eigenvalue weighted by Crippen LogP contribution is 2.34. The Kier molecular flexibility index (Phi) is 4.76. The highest BCUT2D eigenvalue weighted by Gasteiger charge is 2.54. The van der Waals surface area contributed by atoms with Crippen molar-refractivity contribution in [2.24, 2.45) is 0 Å². The molecule has 4 rings (SSSR count). The number of carbonyl (C=O) groups is 1. The molecule has 0 saturated carbocycles. The molecule has 1 aromatic carbocycles. The first-order valence-corrected chi connectivity index (χ1v) is 10.6. The number of nitrogens with one attached hydrogen (secondary N) is 1. The van der Waals surface area contributed by atoms with E-state index in [9.17, 15) is 13.2 Å². The van der Waals surface area contributed by atoms with Gasteiger partial charge in [-0.05, 0) is 18.2 Å². The number of aromatic nitrogens is 2. The smallest absolute Gasteiger partial charge is 0.322 e. The number of ether oxygens (including phenoxy) is 2. The number of rotatable bonds is 4. The Morgan fingerprint density at radius 2 is 2.14 bits per heavy atom. The summed E-state index contributed by atoms with van der Waals surface area (Å²) in [4.78, 5) is 14.0. The van der Waals surface area contributed by atoms with Gasteiger partial charge >= 0.3 is 6.03 Å². The molecule has 0 unspecified atom stereocenters. The summed E-state index contributed by atoms with van der Waals surface area (Å²) in [6, 6.07) is 8.55. The van der Waals surface area contributed by atoms with Crippen LogP contribution in [0.1, 0.15) is 0 Å². The van der Waals surface area contributed by atoms with Crippen LogP contribution < -0.4 is 10.1 Å². The van der Waals surface area contributed by atoms with Crippen LogP contribution in [0.2, 0.25) is 0 Å². The van der Waals surface area contributed by atoms with E-state index in [0.29, 0.717) is 11.4 Å². The molecule has 0 bridgehead atoms. The zero-order valence-electron chi connectivity index (χ0n) is 15.4. The fraction of sp³-hybridized carbons (Fsp3) is 0.444. The van der Waals surface area contributed by atoms with E-state index in [0.717, 1.165) is 0 Å². The normalized spacial score (nSPS) is 22.5. The van der Waals surface area contributed by atoms with Gasteiger partial charge in [0.1, 0.15) is 16.6 Å². The number of carbonyl (C=O) groups excluding carboxylic acids is 1. The molecule has 2 aliphatic rings. The van der Waals surface area contributed by atoms with Gasteiger partial charge in [-0.15, -0.1) is 0 Å². The Balaban J connectivity index is 1.36. The minimum atomic E-state index is -3.35. The molecule has 28 heavy (non-hydrogen) atoms. The van der Waals surface area contributed by atoms with Crippen LogP contribution in [0.5, 0.6) is 5.75 Å². The standard InChI is InChI=1S/C18H22N4O5S/c1-26-16-6-3-2-5-15(16)20-17(23)21-11-18(12-21)13-28(24,25)14(10-27-18)9-22-8-4-7-19-22/h2-8,14H,9-13H2,1H3,(H,20,23)/t14-/m0/s1. The van der Waals surface area contributed by atoms with Gasteiger partial charge in [0.15, 0.2) is 9.84 Å². The molecule has 10 heteroatoms. The molecule has 150 valence electrons. The zero-order valence-corrected chi connectivity index (χ0v) is 16.3. The Morgan fingerprint density at radius 3 is 2.82 bits per heavy atom. The summed E-state index contributed by atoms with van der Waals surface area (Å²) < 4.78 is 38.1. The van der Waals surface area contributed by atoms with E-state index >= 15 is 0 Å². The first kappa shape index (κ1) is 18.8. The van der Waals surface area contributed by atoms with Gasteiger partial charge in [-0.2, -0.15) is 5.10 Å². The van der Waals surface area contributed by atoms with Crippen molar-refractivity contribution in [1.29, 1.82) is 0 Å². The number of hydrogen-bond donors (Lipinski definition) is 1. The van der Waals surface area contributed by atoms with Gasteiger partial charge in [0.2, 0.25) is 0 Å². The lowest BCUT2D eigenvalue weighted by molar-refractivity contribution is -0.117. The predicted octanol–water partition coefficient (Wildman–Crippen LogP) is 0.992. The maximum atomic E-state index is 12.7. The maximum absolute atomic E-state index is 12.7. The molecule has 2 aliphatic heterocycles. The van der Waals surface area contributed by atoms with Gasteiger partial charge in [-0.1, -0.05) is 12.1 Å². The van der Waals surface area contributed by atoms with E-state index in [4.69, 9.17) is 9.47 Å². The summed E-state index contributed by atoms with van der Waals surface area (Å²) in [6.45, 7) is 0.844. The summed E-state index contributed by atoms with van der Waals surface area (Å²) >= 11 is 0. The quantitative estimate of drug-likeness (QED) is 0.812. The Bertz CT molecular complexity index is 954. The summed E-state index contributed by atoms with van der Waals surface area (Å²) in [6.07, 6.45) is 3.34. The van der Waals surface area contributed by atoms with Crippen molar-refractivity contribution in [1.82, 2.24) is 14.7 Å². The van der Waals surface area contributed by atoms with Gasteiger partial charge < -0.3 is 19.7 Å². The van der Waals surface area contributed by atoms with Crippen LogP contribution in [0, 0.1) is 0 Å². The molecule has 2 fully saturated rings. The first-order valence-electron chi connectivity index (χ1n) is 8.93. The second-order valence-electron chi connectivity index (χ2n) is 7.14. The van der Waals surface area contributed by atoms with Crippen LogP contribution in [0.3, 0.4) is 0 Å². The Labute approximate surface area is 163 Å². The SMILES string of the molecule is COc1ccccc1NC(=O)N1CC2(C1)CS(=O)(=O)[C@@H](Cn1cccn1)CO2. The van der Waals surface area contributed by atoms with Crippen molar-refractivity contribution in [2.45, 2.75) is 17.4 Å². The van der Waals surface area contributed by atoms with Crippen LogP contribution >= 0.6 is 0 Å². The fourth-order valence-corrected chi connectivity index (χ4v) is 5.49. The molecule has 1 aromatic heterocycles. The number of nitrogens with zero attached hydrogens (tertiary/aromatic N) is 3. The van der Waals surface area contributed by atoms with Crippen LogP contribution in [-0.2, 0) is 21.1 Å². The molecule has 1 N–H and O–H groups in total. The van der Waals surface area contributed by atoms with Crippen molar-refractivity contribution < 1.29 is 22.7 Å². The largest absolute Gasteiger partial charge is 0.495 e. The maximum Gasteiger partial charge on any atom is 0.322 e. The van der Waals surface area contributed by atoms with Gasteiger partial charge in [-0.3, -0.25) is 4.68 Å². The Hall–Kier alpha value is -2.59. The molecule has 2 amide bonds. The number of methoxy groups -OCH3 is 1. The van der Waals surface area contributed by atoms with Crippen molar-refractivity contribution >= 4 is 21.6 Å². The number of urea groups is 1. The van der Waals surface area contributed by atoms with Crippen LogP contribution in [0.4, 0.5) is 10.5 Å².